The number of nitrogens with one attached hydrogen (secondary N) is 1. The molecule has 98 valence electrons. The summed E-state index contributed by atoms with van der Waals surface area (Å²) < 4.78 is 0. The van der Waals surface area contributed by atoms with Crippen LogP contribution in [0.3, 0.4) is 0 Å². The lowest BCUT2D eigenvalue weighted by Gasteiger charge is -2.23. The van der Waals surface area contributed by atoms with Gasteiger partial charge >= 0.3 is 0 Å². The first-order chi connectivity index (χ1) is 7.78. The highest BCUT2D eigenvalue weighted by molar-refractivity contribution is 7.11. The third-order valence-corrected chi connectivity index (χ3v) is 3.62. The zero-order valence-corrected chi connectivity index (χ0v) is 12.7. The van der Waals surface area contributed by atoms with Crippen LogP contribution in [-0.4, -0.2) is 35.6 Å². The first-order valence-corrected chi connectivity index (χ1v) is 6.96. The van der Waals surface area contributed by atoms with Gasteiger partial charge in [0.1, 0.15) is 0 Å². The molecule has 0 spiro atoms. The van der Waals surface area contributed by atoms with E-state index in [4.69, 9.17) is 0 Å². The van der Waals surface area contributed by atoms with Gasteiger partial charge in [-0.3, -0.25) is 4.90 Å². The van der Waals surface area contributed by atoms with Crippen molar-refractivity contribution in [2.75, 3.05) is 20.1 Å². The molecule has 0 aromatic carbocycles. The van der Waals surface area contributed by atoms with Crippen LogP contribution in [0.1, 0.15) is 36.3 Å². The molecular formula is C13H25N3S. The van der Waals surface area contributed by atoms with Gasteiger partial charge in [0.05, 0.1) is 10.7 Å². The van der Waals surface area contributed by atoms with E-state index in [1.54, 1.807) is 0 Å². The molecule has 3 nitrogen and oxygen atoms in total. The number of thiazole rings is 1. The van der Waals surface area contributed by atoms with Crippen LogP contribution in [0.5, 0.6) is 0 Å². The van der Waals surface area contributed by atoms with E-state index in [2.05, 4.69) is 56.9 Å². The van der Waals surface area contributed by atoms with Crippen molar-refractivity contribution in [1.29, 1.82) is 0 Å². The molecule has 0 aliphatic rings. The van der Waals surface area contributed by atoms with Crippen molar-refractivity contribution in [2.24, 2.45) is 0 Å². The van der Waals surface area contributed by atoms with Crippen molar-refractivity contribution >= 4 is 11.3 Å². The maximum Gasteiger partial charge on any atom is 0.0900 e. The number of rotatable bonds is 5. The first kappa shape index (κ1) is 14.6. The van der Waals surface area contributed by atoms with Crippen molar-refractivity contribution in [1.82, 2.24) is 15.2 Å². The maximum absolute atomic E-state index is 4.46. The van der Waals surface area contributed by atoms with E-state index in [-0.39, 0.29) is 5.54 Å². The normalized spacial score (nSPS) is 12.4. The zero-order valence-electron chi connectivity index (χ0n) is 11.9. The number of aromatic nitrogens is 1. The second kappa shape index (κ2) is 5.94. The van der Waals surface area contributed by atoms with Crippen LogP contribution >= 0.6 is 11.3 Å². The Hall–Kier alpha value is -0.450. The van der Waals surface area contributed by atoms with Crippen molar-refractivity contribution in [3.8, 4) is 0 Å². The van der Waals surface area contributed by atoms with Crippen molar-refractivity contribution in [2.45, 2.75) is 46.7 Å². The number of aryl methyl sites for hydroxylation is 2. The summed E-state index contributed by atoms with van der Waals surface area (Å²) in [5, 5.41) is 4.67. The summed E-state index contributed by atoms with van der Waals surface area (Å²) >= 11 is 1.81. The van der Waals surface area contributed by atoms with Crippen LogP contribution in [-0.2, 0) is 6.54 Å². The van der Waals surface area contributed by atoms with Gasteiger partial charge in [-0.2, -0.15) is 0 Å². The predicted octanol–water partition coefficient (Wildman–Crippen LogP) is 2.58. The second-order valence-electron chi connectivity index (χ2n) is 5.66. The average Bonchev–Trinajstić information content (AvgIpc) is 2.42. The van der Waals surface area contributed by atoms with Gasteiger partial charge in [-0.1, -0.05) is 0 Å². The lowest BCUT2D eigenvalue weighted by atomic mass is 10.1. The highest BCUT2D eigenvalue weighted by atomic mass is 32.1. The molecular weight excluding hydrogens is 230 g/mol. The van der Waals surface area contributed by atoms with Gasteiger partial charge in [0.25, 0.3) is 0 Å². The third-order valence-electron chi connectivity index (χ3n) is 2.56. The van der Waals surface area contributed by atoms with Crippen LogP contribution in [0.15, 0.2) is 0 Å². The molecule has 17 heavy (non-hydrogen) atoms. The SMILES string of the molecule is Cc1nc(C)c(CN(C)CCNC(C)(C)C)s1. The summed E-state index contributed by atoms with van der Waals surface area (Å²) in [7, 11) is 2.17. The average molecular weight is 255 g/mol. The highest BCUT2D eigenvalue weighted by Crippen LogP contribution is 2.18. The summed E-state index contributed by atoms with van der Waals surface area (Å²) in [4.78, 5) is 8.20. The minimum Gasteiger partial charge on any atom is -0.311 e. The molecule has 1 aromatic heterocycles. The summed E-state index contributed by atoms with van der Waals surface area (Å²) in [6.45, 7) is 13.9. The Labute approximate surface area is 109 Å². The second-order valence-corrected chi connectivity index (χ2v) is 6.94. The molecule has 0 unspecified atom stereocenters. The van der Waals surface area contributed by atoms with Gasteiger partial charge in [-0.25, -0.2) is 4.98 Å². The molecule has 1 aromatic rings. The Morgan fingerprint density at radius 3 is 2.41 bits per heavy atom. The number of likely N-dealkylation sites (N-methyl/N-ethyl adjacent to an activating group) is 1. The monoisotopic (exact) mass is 255 g/mol. The Kier molecular flexibility index (Phi) is 5.10. The fraction of sp³-hybridized carbons (Fsp3) is 0.769. The summed E-state index contributed by atoms with van der Waals surface area (Å²) in [5.74, 6) is 0. The molecule has 0 amide bonds. The van der Waals surface area contributed by atoms with E-state index in [1.807, 2.05) is 11.3 Å². The van der Waals surface area contributed by atoms with E-state index in [0.29, 0.717) is 0 Å². The number of hydrogen-bond donors (Lipinski definition) is 1. The molecule has 0 atom stereocenters. The van der Waals surface area contributed by atoms with Gasteiger partial charge in [-0.15, -0.1) is 11.3 Å². The molecule has 1 heterocycles. The highest BCUT2D eigenvalue weighted by Gasteiger charge is 2.10. The van der Waals surface area contributed by atoms with E-state index in [9.17, 15) is 0 Å². The maximum atomic E-state index is 4.46. The van der Waals surface area contributed by atoms with Gasteiger partial charge in [-0.05, 0) is 41.7 Å². The summed E-state index contributed by atoms with van der Waals surface area (Å²) in [5.41, 5.74) is 1.39. The lowest BCUT2D eigenvalue weighted by molar-refractivity contribution is 0.305. The Morgan fingerprint density at radius 1 is 1.29 bits per heavy atom. The smallest absolute Gasteiger partial charge is 0.0900 e. The van der Waals surface area contributed by atoms with E-state index in [1.165, 1.54) is 15.6 Å². The van der Waals surface area contributed by atoms with Crippen LogP contribution in [0.2, 0.25) is 0 Å². The quantitative estimate of drug-likeness (QED) is 0.876. The van der Waals surface area contributed by atoms with Gasteiger partial charge in [0, 0.05) is 30.1 Å². The van der Waals surface area contributed by atoms with Crippen molar-refractivity contribution in [3.63, 3.8) is 0 Å². The predicted molar refractivity (Wildman–Crippen MR) is 75.7 cm³/mol. The molecule has 0 saturated heterocycles. The van der Waals surface area contributed by atoms with Crippen LogP contribution in [0.25, 0.3) is 0 Å². The van der Waals surface area contributed by atoms with Gasteiger partial charge in [0.15, 0.2) is 0 Å². The standard InChI is InChI=1S/C13H25N3S/c1-10-12(17-11(2)15-10)9-16(6)8-7-14-13(3,4)5/h14H,7-9H2,1-6H3. The number of nitrogens with zero attached hydrogens (tertiary/aromatic N) is 2. The Morgan fingerprint density at radius 2 is 1.94 bits per heavy atom. The molecule has 0 bridgehead atoms. The Bertz CT molecular complexity index is 352. The number of hydrogen-bond acceptors (Lipinski definition) is 4. The summed E-state index contributed by atoms with van der Waals surface area (Å²) in [6, 6.07) is 0. The summed E-state index contributed by atoms with van der Waals surface area (Å²) in [6.07, 6.45) is 0. The minimum absolute atomic E-state index is 0.206. The van der Waals surface area contributed by atoms with Crippen LogP contribution < -0.4 is 5.32 Å². The van der Waals surface area contributed by atoms with E-state index in [0.717, 1.165) is 19.6 Å². The molecule has 0 saturated carbocycles. The topological polar surface area (TPSA) is 28.2 Å². The molecule has 1 N–H and O–H groups in total. The zero-order chi connectivity index (χ0) is 13.1. The molecule has 0 fully saturated rings. The van der Waals surface area contributed by atoms with Crippen molar-refractivity contribution in [3.05, 3.63) is 15.6 Å². The van der Waals surface area contributed by atoms with E-state index < -0.39 is 0 Å². The minimum atomic E-state index is 0.206. The fourth-order valence-corrected chi connectivity index (χ4v) is 2.68. The molecule has 0 radical (unpaired) electrons. The molecule has 0 aliphatic carbocycles. The van der Waals surface area contributed by atoms with E-state index >= 15 is 0 Å². The molecule has 1 rings (SSSR count). The fourth-order valence-electron chi connectivity index (χ4n) is 1.67. The van der Waals surface area contributed by atoms with Crippen LogP contribution in [0.4, 0.5) is 0 Å². The third kappa shape index (κ3) is 5.61. The molecule has 4 heteroatoms. The Balaban J connectivity index is 2.35. The van der Waals surface area contributed by atoms with Gasteiger partial charge in [0.2, 0.25) is 0 Å². The molecule has 0 aliphatic heterocycles. The van der Waals surface area contributed by atoms with Gasteiger partial charge < -0.3 is 5.32 Å². The lowest BCUT2D eigenvalue weighted by Crippen LogP contribution is -2.40. The van der Waals surface area contributed by atoms with Crippen molar-refractivity contribution < 1.29 is 0 Å². The van der Waals surface area contributed by atoms with Crippen LogP contribution in [0, 0.1) is 13.8 Å². The first-order valence-electron chi connectivity index (χ1n) is 6.14. The largest absolute Gasteiger partial charge is 0.311 e.